The van der Waals surface area contributed by atoms with Crippen LogP contribution in [0.25, 0.3) is 10.6 Å². The predicted octanol–water partition coefficient (Wildman–Crippen LogP) is 3.77. The minimum absolute atomic E-state index is 0.189. The van der Waals surface area contributed by atoms with E-state index in [2.05, 4.69) is 15.5 Å². The Morgan fingerprint density at radius 2 is 1.91 bits per heavy atom. The van der Waals surface area contributed by atoms with Crippen LogP contribution in [0.4, 0.5) is 5.13 Å². The minimum Gasteiger partial charge on any atom is -0.497 e. The SMILES string of the molecule is COc1ccc(-c2nnc(NC(=O)c3cccc(C)c3)s2)cc1. The van der Waals surface area contributed by atoms with Crippen molar-refractivity contribution in [1.29, 1.82) is 0 Å². The molecule has 1 heterocycles. The van der Waals surface area contributed by atoms with Crippen molar-refractivity contribution < 1.29 is 9.53 Å². The minimum atomic E-state index is -0.189. The molecule has 1 N–H and O–H groups in total. The first kappa shape index (κ1) is 15.2. The van der Waals surface area contributed by atoms with Crippen LogP contribution in [-0.2, 0) is 0 Å². The highest BCUT2D eigenvalue weighted by atomic mass is 32.1. The van der Waals surface area contributed by atoms with Crippen LogP contribution < -0.4 is 10.1 Å². The number of hydrogen-bond donors (Lipinski definition) is 1. The van der Waals surface area contributed by atoms with Crippen LogP contribution in [0.3, 0.4) is 0 Å². The highest BCUT2D eigenvalue weighted by Crippen LogP contribution is 2.28. The van der Waals surface area contributed by atoms with Gasteiger partial charge in [-0.2, -0.15) is 0 Å². The number of carbonyl (C=O) groups excluding carboxylic acids is 1. The largest absolute Gasteiger partial charge is 0.497 e. The standard InChI is InChI=1S/C17H15N3O2S/c1-11-4-3-5-13(10-11)15(21)18-17-20-19-16(23-17)12-6-8-14(22-2)9-7-12/h3-10H,1-2H3,(H,18,20,21). The molecule has 0 fully saturated rings. The first-order valence-electron chi connectivity index (χ1n) is 7.01. The van der Waals surface area contributed by atoms with Gasteiger partial charge in [-0.15, -0.1) is 10.2 Å². The fraction of sp³-hybridized carbons (Fsp3) is 0.118. The Hall–Kier alpha value is -2.73. The molecule has 1 aromatic heterocycles. The summed E-state index contributed by atoms with van der Waals surface area (Å²) in [5.41, 5.74) is 2.57. The summed E-state index contributed by atoms with van der Waals surface area (Å²) in [6.07, 6.45) is 0. The number of amides is 1. The van der Waals surface area contributed by atoms with Crippen molar-refractivity contribution in [2.75, 3.05) is 12.4 Å². The number of benzene rings is 2. The van der Waals surface area contributed by atoms with Crippen molar-refractivity contribution in [2.24, 2.45) is 0 Å². The topological polar surface area (TPSA) is 64.1 Å². The number of ether oxygens (including phenoxy) is 1. The average molecular weight is 325 g/mol. The lowest BCUT2D eigenvalue weighted by molar-refractivity contribution is 0.102. The highest BCUT2D eigenvalue weighted by Gasteiger charge is 2.11. The summed E-state index contributed by atoms with van der Waals surface area (Å²) in [5, 5.41) is 12.1. The van der Waals surface area contributed by atoms with E-state index in [0.29, 0.717) is 10.7 Å². The molecule has 23 heavy (non-hydrogen) atoms. The van der Waals surface area contributed by atoms with Crippen LogP contribution in [-0.4, -0.2) is 23.2 Å². The Bertz CT molecular complexity index is 828. The number of nitrogens with one attached hydrogen (secondary N) is 1. The molecule has 0 bridgehead atoms. The van der Waals surface area contributed by atoms with Crippen molar-refractivity contribution in [3.05, 3.63) is 59.7 Å². The van der Waals surface area contributed by atoms with Gasteiger partial charge in [0.25, 0.3) is 5.91 Å². The smallest absolute Gasteiger partial charge is 0.257 e. The molecule has 0 saturated carbocycles. The first-order chi connectivity index (χ1) is 11.2. The van der Waals surface area contributed by atoms with Crippen LogP contribution in [0.15, 0.2) is 48.5 Å². The Morgan fingerprint density at radius 1 is 1.13 bits per heavy atom. The van der Waals surface area contributed by atoms with E-state index < -0.39 is 0 Å². The zero-order valence-electron chi connectivity index (χ0n) is 12.7. The van der Waals surface area contributed by atoms with Gasteiger partial charge in [-0.3, -0.25) is 10.1 Å². The molecule has 0 radical (unpaired) electrons. The summed E-state index contributed by atoms with van der Waals surface area (Å²) >= 11 is 1.33. The number of aromatic nitrogens is 2. The van der Waals surface area contributed by atoms with Crippen molar-refractivity contribution in [2.45, 2.75) is 6.92 Å². The fourth-order valence-corrected chi connectivity index (χ4v) is 2.82. The van der Waals surface area contributed by atoms with Gasteiger partial charge >= 0.3 is 0 Å². The maximum absolute atomic E-state index is 12.2. The van der Waals surface area contributed by atoms with Crippen molar-refractivity contribution in [3.8, 4) is 16.3 Å². The number of methoxy groups -OCH3 is 1. The normalized spacial score (nSPS) is 10.3. The average Bonchev–Trinajstić information content (AvgIpc) is 3.03. The molecule has 3 aromatic rings. The number of aryl methyl sites for hydroxylation is 1. The zero-order chi connectivity index (χ0) is 16.2. The number of nitrogens with zero attached hydrogens (tertiary/aromatic N) is 2. The highest BCUT2D eigenvalue weighted by molar-refractivity contribution is 7.18. The Morgan fingerprint density at radius 3 is 2.61 bits per heavy atom. The molecular weight excluding hydrogens is 310 g/mol. The molecule has 0 saturated heterocycles. The van der Waals surface area contributed by atoms with Crippen LogP contribution in [0.2, 0.25) is 0 Å². The van der Waals surface area contributed by atoms with Crippen LogP contribution in [0, 0.1) is 6.92 Å². The van der Waals surface area contributed by atoms with Gasteiger partial charge in [0.2, 0.25) is 5.13 Å². The molecule has 0 aliphatic heterocycles. The molecular formula is C17H15N3O2S. The number of hydrogen-bond acceptors (Lipinski definition) is 5. The van der Waals surface area contributed by atoms with E-state index in [4.69, 9.17) is 4.74 Å². The van der Waals surface area contributed by atoms with Gasteiger partial charge in [0.15, 0.2) is 0 Å². The fourth-order valence-electron chi connectivity index (χ4n) is 2.08. The summed E-state index contributed by atoms with van der Waals surface area (Å²) in [4.78, 5) is 12.2. The monoisotopic (exact) mass is 325 g/mol. The molecule has 116 valence electrons. The maximum Gasteiger partial charge on any atom is 0.257 e. The maximum atomic E-state index is 12.2. The predicted molar refractivity (Wildman–Crippen MR) is 91.0 cm³/mol. The molecule has 6 heteroatoms. The van der Waals surface area contributed by atoms with Gasteiger partial charge in [-0.1, -0.05) is 29.0 Å². The van der Waals surface area contributed by atoms with Crippen LogP contribution >= 0.6 is 11.3 Å². The van der Waals surface area contributed by atoms with Crippen molar-refractivity contribution in [1.82, 2.24) is 10.2 Å². The molecule has 2 aromatic carbocycles. The van der Waals surface area contributed by atoms with Gasteiger partial charge in [0.1, 0.15) is 10.8 Å². The van der Waals surface area contributed by atoms with E-state index in [1.54, 1.807) is 13.2 Å². The van der Waals surface area contributed by atoms with Gasteiger partial charge in [0, 0.05) is 11.1 Å². The third-order valence-electron chi connectivity index (χ3n) is 3.26. The third kappa shape index (κ3) is 3.54. The van der Waals surface area contributed by atoms with E-state index in [-0.39, 0.29) is 5.91 Å². The van der Waals surface area contributed by atoms with Gasteiger partial charge in [-0.25, -0.2) is 0 Å². The molecule has 1 amide bonds. The Kier molecular flexibility index (Phi) is 4.34. The molecule has 0 unspecified atom stereocenters. The molecule has 0 aliphatic rings. The summed E-state index contributed by atoms with van der Waals surface area (Å²) in [6, 6.07) is 15.0. The lowest BCUT2D eigenvalue weighted by atomic mass is 10.1. The molecule has 0 atom stereocenters. The molecule has 3 rings (SSSR count). The summed E-state index contributed by atoms with van der Waals surface area (Å²) in [5.74, 6) is 0.595. The Balaban J connectivity index is 1.75. The van der Waals surface area contributed by atoms with Crippen molar-refractivity contribution >= 4 is 22.4 Å². The van der Waals surface area contributed by atoms with Crippen LogP contribution in [0.5, 0.6) is 5.75 Å². The zero-order valence-corrected chi connectivity index (χ0v) is 13.6. The lowest BCUT2D eigenvalue weighted by Crippen LogP contribution is -2.11. The van der Waals surface area contributed by atoms with Gasteiger partial charge in [-0.05, 0) is 43.3 Å². The second-order valence-corrected chi connectivity index (χ2v) is 5.94. The summed E-state index contributed by atoms with van der Waals surface area (Å²) < 4.78 is 5.13. The summed E-state index contributed by atoms with van der Waals surface area (Å²) in [7, 11) is 1.62. The number of carbonyl (C=O) groups is 1. The molecule has 0 spiro atoms. The third-order valence-corrected chi connectivity index (χ3v) is 4.15. The second-order valence-electron chi connectivity index (χ2n) is 4.96. The Labute approximate surface area is 138 Å². The van der Waals surface area contributed by atoms with Crippen molar-refractivity contribution in [3.63, 3.8) is 0 Å². The van der Waals surface area contributed by atoms with E-state index in [9.17, 15) is 4.79 Å². The van der Waals surface area contributed by atoms with E-state index in [0.717, 1.165) is 21.9 Å². The lowest BCUT2D eigenvalue weighted by Gasteiger charge is -2.02. The van der Waals surface area contributed by atoms with Gasteiger partial charge < -0.3 is 4.74 Å². The number of rotatable bonds is 4. The first-order valence-corrected chi connectivity index (χ1v) is 7.83. The molecule has 5 nitrogen and oxygen atoms in total. The van der Waals surface area contributed by atoms with E-state index in [1.807, 2.05) is 49.4 Å². The van der Waals surface area contributed by atoms with E-state index >= 15 is 0 Å². The van der Waals surface area contributed by atoms with Gasteiger partial charge in [0.05, 0.1) is 7.11 Å². The van der Waals surface area contributed by atoms with Crippen LogP contribution in [0.1, 0.15) is 15.9 Å². The quantitative estimate of drug-likeness (QED) is 0.793. The summed E-state index contributed by atoms with van der Waals surface area (Å²) in [6.45, 7) is 1.95. The second kappa shape index (κ2) is 6.58. The number of anilines is 1. The molecule has 0 aliphatic carbocycles. The van der Waals surface area contributed by atoms with E-state index in [1.165, 1.54) is 11.3 Å².